The summed E-state index contributed by atoms with van der Waals surface area (Å²) in [4.78, 5) is 0. The number of benzene rings is 1. The average Bonchev–Trinajstić information content (AvgIpc) is 2.02. The maximum atomic E-state index is 9.41. The second kappa shape index (κ2) is 4.15. The number of nitrogens with two attached hydrogens (primary N) is 1. The van der Waals surface area contributed by atoms with Gasteiger partial charge in [-0.15, -0.1) is 0 Å². The van der Waals surface area contributed by atoms with Crippen LogP contribution in [0.15, 0.2) is 12.1 Å². The van der Waals surface area contributed by atoms with E-state index in [1.165, 1.54) is 12.1 Å². The van der Waals surface area contributed by atoms with Crippen molar-refractivity contribution in [1.82, 2.24) is 0 Å². The second-order valence-corrected chi connectivity index (χ2v) is 3.45. The standard InChI is InChI=1S/C8H9Cl2NO2/c9-4-1-5(10)8(6(11)3-12)7(13)2-4/h1-2,6,12-13H,3,11H2/t6-/m0/s1. The minimum absolute atomic E-state index is 0.0981. The summed E-state index contributed by atoms with van der Waals surface area (Å²) in [5.74, 6) is -0.0981. The van der Waals surface area contributed by atoms with Gasteiger partial charge in [0.05, 0.1) is 17.7 Å². The molecule has 4 N–H and O–H groups in total. The van der Waals surface area contributed by atoms with Crippen molar-refractivity contribution >= 4 is 23.2 Å². The Labute approximate surface area is 85.7 Å². The first-order chi connectivity index (χ1) is 6.06. The van der Waals surface area contributed by atoms with Gasteiger partial charge in [-0.25, -0.2) is 0 Å². The van der Waals surface area contributed by atoms with Crippen molar-refractivity contribution in [3.05, 3.63) is 27.7 Å². The molecule has 0 unspecified atom stereocenters. The van der Waals surface area contributed by atoms with Gasteiger partial charge in [-0.3, -0.25) is 0 Å². The van der Waals surface area contributed by atoms with Crippen molar-refractivity contribution < 1.29 is 10.2 Å². The molecule has 0 aromatic heterocycles. The summed E-state index contributed by atoms with van der Waals surface area (Å²) in [5, 5.41) is 18.8. The van der Waals surface area contributed by atoms with Crippen LogP contribution in [0.5, 0.6) is 5.75 Å². The van der Waals surface area contributed by atoms with Crippen LogP contribution in [0.1, 0.15) is 11.6 Å². The summed E-state index contributed by atoms with van der Waals surface area (Å²) in [7, 11) is 0. The molecule has 0 bridgehead atoms. The van der Waals surface area contributed by atoms with Gasteiger partial charge >= 0.3 is 0 Å². The third-order valence-corrected chi connectivity index (χ3v) is 2.17. The van der Waals surface area contributed by atoms with Gasteiger partial charge in [-0.05, 0) is 12.1 Å². The molecule has 0 heterocycles. The Balaban J connectivity index is 3.20. The highest BCUT2D eigenvalue weighted by atomic mass is 35.5. The van der Waals surface area contributed by atoms with Crippen LogP contribution in [0.25, 0.3) is 0 Å². The van der Waals surface area contributed by atoms with E-state index in [2.05, 4.69) is 0 Å². The van der Waals surface area contributed by atoms with E-state index in [1.807, 2.05) is 0 Å². The molecule has 0 aliphatic rings. The Bertz CT molecular complexity index is 294. The predicted molar refractivity (Wildman–Crippen MR) is 52.1 cm³/mol. The first-order valence-electron chi connectivity index (χ1n) is 3.60. The number of hydrogen-bond acceptors (Lipinski definition) is 3. The average molecular weight is 222 g/mol. The van der Waals surface area contributed by atoms with Crippen LogP contribution in [-0.2, 0) is 0 Å². The molecular weight excluding hydrogens is 213 g/mol. The van der Waals surface area contributed by atoms with Gasteiger partial charge in [0, 0.05) is 10.6 Å². The topological polar surface area (TPSA) is 66.5 Å². The smallest absolute Gasteiger partial charge is 0.123 e. The Morgan fingerprint density at radius 3 is 2.46 bits per heavy atom. The molecule has 1 atom stereocenters. The van der Waals surface area contributed by atoms with Gasteiger partial charge in [-0.1, -0.05) is 23.2 Å². The van der Waals surface area contributed by atoms with Gasteiger partial charge in [-0.2, -0.15) is 0 Å². The fraction of sp³-hybridized carbons (Fsp3) is 0.250. The highest BCUT2D eigenvalue weighted by Crippen LogP contribution is 2.33. The molecule has 72 valence electrons. The zero-order chi connectivity index (χ0) is 10.0. The fourth-order valence-electron chi connectivity index (χ4n) is 1.03. The molecule has 0 fully saturated rings. The summed E-state index contributed by atoms with van der Waals surface area (Å²) < 4.78 is 0. The third kappa shape index (κ3) is 2.25. The number of halogens is 2. The molecule has 0 amide bonds. The van der Waals surface area contributed by atoms with E-state index in [-0.39, 0.29) is 17.4 Å². The predicted octanol–water partition coefficient (Wildman–Crippen LogP) is 1.69. The molecule has 0 spiro atoms. The molecule has 5 heteroatoms. The van der Waals surface area contributed by atoms with Crippen molar-refractivity contribution in [2.45, 2.75) is 6.04 Å². The molecule has 0 aliphatic carbocycles. The minimum Gasteiger partial charge on any atom is -0.507 e. The Hall–Kier alpha value is -0.480. The number of aromatic hydroxyl groups is 1. The summed E-state index contributed by atoms with van der Waals surface area (Å²) in [5.41, 5.74) is 5.82. The van der Waals surface area contributed by atoms with Gasteiger partial charge in [0.1, 0.15) is 5.75 Å². The molecule has 3 nitrogen and oxygen atoms in total. The summed E-state index contributed by atoms with van der Waals surface area (Å²) in [6, 6.07) is 2.11. The number of phenols is 1. The van der Waals surface area contributed by atoms with E-state index in [0.717, 1.165) is 0 Å². The van der Waals surface area contributed by atoms with Gasteiger partial charge < -0.3 is 15.9 Å². The van der Waals surface area contributed by atoms with Crippen LogP contribution >= 0.6 is 23.2 Å². The van der Waals surface area contributed by atoms with Crippen LogP contribution in [0.2, 0.25) is 10.0 Å². The lowest BCUT2D eigenvalue weighted by atomic mass is 10.1. The lowest BCUT2D eigenvalue weighted by molar-refractivity contribution is 0.265. The SMILES string of the molecule is N[C@@H](CO)c1c(O)cc(Cl)cc1Cl. The van der Waals surface area contributed by atoms with Crippen molar-refractivity contribution in [2.75, 3.05) is 6.61 Å². The third-order valence-electron chi connectivity index (χ3n) is 1.64. The molecule has 0 saturated carbocycles. The van der Waals surface area contributed by atoms with Gasteiger partial charge in [0.25, 0.3) is 0 Å². The van der Waals surface area contributed by atoms with Crippen LogP contribution in [0, 0.1) is 0 Å². The van der Waals surface area contributed by atoms with E-state index in [0.29, 0.717) is 10.6 Å². The molecule has 0 aliphatic heterocycles. The molecule has 1 aromatic carbocycles. The van der Waals surface area contributed by atoms with Crippen molar-refractivity contribution in [3.63, 3.8) is 0 Å². The quantitative estimate of drug-likeness (QED) is 0.713. The van der Waals surface area contributed by atoms with Gasteiger partial charge in [0.15, 0.2) is 0 Å². The normalized spacial score (nSPS) is 12.9. The molecular formula is C8H9Cl2NO2. The minimum atomic E-state index is -0.690. The highest BCUT2D eigenvalue weighted by molar-refractivity contribution is 6.35. The first-order valence-corrected chi connectivity index (χ1v) is 4.36. The number of aliphatic hydroxyl groups is 1. The zero-order valence-corrected chi connectivity index (χ0v) is 8.18. The number of hydrogen-bond donors (Lipinski definition) is 3. The van der Waals surface area contributed by atoms with E-state index >= 15 is 0 Å². The van der Waals surface area contributed by atoms with E-state index < -0.39 is 6.04 Å². The van der Waals surface area contributed by atoms with Crippen LogP contribution in [0.4, 0.5) is 0 Å². The Kier molecular flexibility index (Phi) is 3.39. The molecule has 1 aromatic rings. The van der Waals surface area contributed by atoms with E-state index in [1.54, 1.807) is 0 Å². The second-order valence-electron chi connectivity index (χ2n) is 2.61. The van der Waals surface area contributed by atoms with Crippen LogP contribution in [-0.4, -0.2) is 16.8 Å². The molecule has 0 saturated heterocycles. The molecule has 13 heavy (non-hydrogen) atoms. The first kappa shape index (κ1) is 10.6. The van der Waals surface area contributed by atoms with E-state index in [9.17, 15) is 5.11 Å². The summed E-state index contributed by atoms with van der Waals surface area (Å²) >= 11 is 11.4. The lowest BCUT2D eigenvalue weighted by Gasteiger charge is -2.12. The lowest BCUT2D eigenvalue weighted by Crippen LogP contribution is -2.15. The Morgan fingerprint density at radius 1 is 1.38 bits per heavy atom. The zero-order valence-electron chi connectivity index (χ0n) is 6.67. The number of rotatable bonds is 2. The summed E-state index contributed by atoms with van der Waals surface area (Å²) in [6.07, 6.45) is 0. The maximum Gasteiger partial charge on any atom is 0.123 e. The van der Waals surface area contributed by atoms with Crippen molar-refractivity contribution in [2.24, 2.45) is 5.73 Å². The number of phenolic OH excluding ortho intramolecular Hbond substituents is 1. The van der Waals surface area contributed by atoms with Gasteiger partial charge in [0.2, 0.25) is 0 Å². The number of aliphatic hydroxyl groups excluding tert-OH is 1. The largest absolute Gasteiger partial charge is 0.507 e. The van der Waals surface area contributed by atoms with Crippen LogP contribution in [0.3, 0.4) is 0 Å². The van der Waals surface area contributed by atoms with Crippen molar-refractivity contribution in [1.29, 1.82) is 0 Å². The van der Waals surface area contributed by atoms with Crippen molar-refractivity contribution in [3.8, 4) is 5.75 Å². The van der Waals surface area contributed by atoms with Crippen LogP contribution < -0.4 is 5.73 Å². The monoisotopic (exact) mass is 221 g/mol. The fourth-order valence-corrected chi connectivity index (χ4v) is 1.65. The maximum absolute atomic E-state index is 9.41. The highest BCUT2D eigenvalue weighted by Gasteiger charge is 2.14. The van der Waals surface area contributed by atoms with E-state index in [4.69, 9.17) is 34.0 Å². The Morgan fingerprint density at radius 2 is 2.00 bits per heavy atom. The summed E-state index contributed by atoms with van der Waals surface area (Å²) in [6.45, 7) is -0.283. The molecule has 1 rings (SSSR count). The molecule has 0 radical (unpaired) electrons.